The van der Waals surface area contributed by atoms with Gasteiger partial charge in [0, 0.05) is 6.61 Å². The Morgan fingerprint density at radius 1 is 1.05 bits per heavy atom. The summed E-state index contributed by atoms with van der Waals surface area (Å²) in [4.78, 5) is 0. The van der Waals surface area contributed by atoms with Crippen LogP contribution in [-0.4, -0.2) is 19.8 Å². The molecule has 0 aromatic heterocycles. The molecule has 0 saturated carbocycles. The molecule has 0 aliphatic carbocycles. The lowest BCUT2D eigenvalue weighted by atomic mass is 10.0. The third-order valence-corrected chi connectivity index (χ3v) is 3.69. The van der Waals surface area contributed by atoms with Crippen LogP contribution in [-0.2, 0) is 4.74 Å². The van der Waals surface area contributed by atoms with Crippen LogP contribution in [0.1, 0.15) is 63.1 Å². The molecule has 114 valence electrons. The van der Waals surface area contributed by atoms with Crippen LogP contribution in [0.5, 0.6) is 0 Å². The van der Waals surface area contributed by atoms with Crippen molar-refractivity contribution in [1.82, 2.24) is 5.32 Å². The van der Waals surface area contributed by atoms with Crippen LogP contribution in [0.4, 0.5) is 0 Å². The second kappa shape index (κ2) is 10.9. The number of unbranched alkanes of at least 4 members (excludes halogenated alkanes) is 4. The largest absolute Gasteiger partial charge is 0.379 e. The maximum Gasteiger partial charge on any atom is 0.0661 e. The molecule has 2 nitrogen and oxygen atoms in total. The fourth-order valence-electron chi connectivity index (χ4n) is 2.49. The van der Waals surface area contributed by atoms with E-state index in [2.05, 4.69) is 50.4 Å². The van der Waals surface area contributed by atoms with Gasteiger partial charge in [0.05, 0.1) is 12.6 Å². The minimum absolute atomic E-state index is 0.317. The van der Waals surface area contributed by atoms with Crippen molar-refractivity contribution in [2.24, 2.45) is 0 Å². The van der Waals surface area contributed by atoms with Gasteiger partial charge in [0.15, 0.2) is 0 Å². The quantitative estimate of drug-likeness (QED) is 0.595. The molecular weight excluding hydrogens is 246 g/mol. The average Bonchev–Trinajstić information content (AvgIpc) is 2.46. The van der Waals surface area contributed by atoms with E-state index >= 15 is 0 Å². The van der Waals surface area contributed by atoms with Gasteiger partial charge in [-0.3, -0.25) is 0 Å². The summed E-state index contributed by atoms with van der Waals surface area (Å²) < 4.78 is 5.88. The fraction of sp³-hybridized carbons (Fsp3) is 0.667. The number of ether oxygens (including phenoxy) is 1. The van der Waals surface area contributed by atoms with Gasteiger partial charge in [-0.2, -0.15) is 0 Å². The number of hydrogen-bond acceptors (Lipinski definition) is 2. The van der Waals surface area contributed by atoms with Crippen LogP contribution >= 0.6 is 0 Å². The SMILES string of the molecule is CCCCCCCOCC(NCC)c1ccccc1C. The summed E-state index contributed by atoms with van der Waals surface area (Å²) in [5.74, 6) is 0. The second-order valence-corrected chi connectivity index (χ2v) is 5.46. The highest BCUT2D eigenvalue weighted by Gasteiger charge is 2.12. The molecule has 0 aliphatic rings. The smallest absolute Gasteiger partial charge is 0.0661 e. The van der Waals surface area contributed by atoms with E-state index in [9.17, 15) is 0 Å². The maximum absolute atomic E-state index is 5.88. The number of nitrogens with one attached hydrogen (secondary N) is 1. The first-order valence-corrected chi connectivity index (χ1v) is 8.16. The van der Waals surface area contributed by atoms with Crippen LogP contribution in [0, 0.1) is 6.92 Å². The average molecular weight is 277 g/mol. The first-order valence-electron chi connectivity index (χ1n) is 8.16. The number of aryl methyl sites for hydroxylation is 1. The van der Waals surface area contributed by atoms with E-state index in [0.717, 1.165) is 19.8 Å². The molecule has 1 unspecified atom stereocenters. The van der Waals surface area contributed by atoms with Crippen molar-refractivity contribution in [2.75, 3.05) is 19.8 Å². The Hall–Kier alpha value is -0.860. The van der Waals surface area contributed by atoms with Crippen LogP contribution in [0.2, 0.25) is 0 Å². The van der Waals surface area contributed by atoms with Crippen molar-refractivity contribution in [3.05, 3.63) is 35.4 Å². The Balaban J connectivity index is 2.31. The van der Waals surface area contributed by atoms with Crippen LogP contribution < -0.4 is 5.32 Å². The molecule has 1 aromatic carbocycles. The van der Waals surface area contributed by atoms with Gasteiger partial charge in [-0.1, -0.05) is 63.8 Å². The zero-order valence-corrected chi connectivity index (χ0v) is 13.5. The summed E-state index contributed by atoms with van der Waals surface area (Å²) in [7, 11) is 0. The Bertz CT molecular complexity index is 351. The molecule has 1 rings (SSSR count). The summed E-state index contributed by atoms with van der Waals surface area (Å²) in [6.45, 7) is 9.20. The van der Waals surface area contributed by atoms with E-state index < -0.39 is 0 Å². The normalized spacial score (nSPS) is 12.6. The second-order valence-electron chi connectivity index (χ2n) is 5.46. The Morgan fingerprint density at radius 2 is 1.80 bits per heavy atom. The van der Waals surface area contributed by atoms with Crippen molar-refractivity contribution < 1.29 is 4.74 Å². The van der Waals surface area contributed by atoms with Gasteiger partial charge in [-0.05, 0) is 31.0 Å². The molecule has 0 bridgehead atoms. The molecule has 2 heteroatoms. The van der Waals surface area contributed by atoms with E-state index in [4.69, 9.17) is 4.74 Å². The molecule has 0 amide bonds. The lowest BCUT2D eigenvalue weighted by molar-refractivity contribution is 0.108. The van der Waals surface area contributed by atoms with Gasteiger partial charge < -0.3 is 10.1 Å². The van der Waals surface area contributed by atoms with Gasteiger partial charge in [-0.15, -0.1) is 0 Å². The predicted molar refractivity (Wildman–Crippen MR) is 87.2 cm³/mol. The van der Waals surface area contributed by atoms with Crippen molar-refractivity contribution >= 4 is 0 Å². The van der Waals surface area contributed by atoms with Crippen molar-refractivity contribution in [3.63, 3.8) is 0 Å². The molecule has 0 saturated heterocycles. The molecule has 0 heterocycles. The fourth-order valence-corrected chi connectivity index (χ4v) is 2.49. The molecule has 1 N–H and O–H groups in total. The Morgan fingerprint density at radius 3 is 2.50 bits per heavy atom. The van der Waals surface area contributed by atoms with Gasteiger partial charge in [-0.25, -0.2) is 0 Å². The molecular formula is C18H31NO. The van der Waals surface area contributed by atoms with Gasteiger partial charge in [0.1, 0.15) is 0 Å². The van der Waals surface area contributed by atoms with E-state index in [1.54, 1.807) is 0 Å². The maximum atomic E-state index is 5.88. The van der Waals surface area contributed by atoms with Gasteiger partial charge in [0.2, 0.25) is 0 Å². The van der Waals surface area contributed by atoms with Crippen LogP contribution in [0.3, 0.4) is 0 Å². The number of hydrogen-bond donors (Lipinski definition) is 1. The molecule has 0 radical (unpaired) electrons. The number of likely N-dealkylation sites (N-methyl/N-ethyl adjacent to an activating group) is 1. The summed E-state index contributed by atoms with van der Waals surface area (Å²) in [6.07, 6.45) is 6.48. The van der Waals surface area contributed by atoms with E-state index in [-0.39, 0.29) is 0 Å². The lowest BCUT2D eigenvalue weighted by Crippen LogP contribution is -2.26. The third-order valence-electron chi connectivity index (χ3n) is 3.69. The monoisotopic (exact) mass is 277 g/mol. The highest BCUT2D eigenvalue weighted by atomic mass is 16.5. The van der Waals surface area contributed by atoms with Crippen molar-refractivity contribution in [2.45, 2.75) is 58.9 Å². The highest BCUT2D eigenvalue weighted by Crippen LogP contribution is 2.17. The lowest BCUT2D eigenvalue weighted by Gasteiger charge is -2.20. The topological polar surface area (TPSA) is 21.3 Å². The summed E-state index contributed by atoms with van der Waals surface area (Å²) >= 11 is 0. The standard InChI is InChI=1S/C18H31NO/c1-4-6-7-8-11-14-20-15-18(19-5-2)17-13-10-9-12-16(17)3/h9-10,12-13,18-19H,4-8,11,14-15H2,1-3H3. The first-order chi connectivity index (χ1) is 9.79. The number of benzene rings is 1. The summed E-state index contributed by atoms with van der Waals surface area (Å²) in [6, 6.07) is 8.89. The van der Waals surface area contributed by atoms with Crippen molar-refractivity contribution in [1.29, 1.82) is 0 Å². The summed E-state index contributed by atoms with van der Waals surface area (Å²) in [5, 5.41) is 3.53. The predicted octanol–water partition coefficient (Wildman–Crippen LogP) is 4.63. The first kappa shape index (κ1) is 17.2. The van der Waals surface area contributed by atoms with Crippen molar-refractivity contribution in [3.8, 4) is 0 Å². The van der Waals surface area contributed by atoms with Gasteiger partial charge >= 0.3 is 0 Å². The number of rotatable bonds is 11. The molecule has 0 aliphatic heterocycles. The molecule has 0 spiro atoms. The molecule has 1 atom stereocenters. The zero-order valence-electron chi connectivity index (χ0n) is 13.5. The Labute approximate surface area is 124 Å². The minimum Gasteiger partial charge on any atom is -0.379 e. The molecule has 20 heavy (non-hydrogen) atoms. The van der Waals surface area contributed by atoms with Crippen LogP contribution in [0.15, 0.2) is 24.3 Å². The summed E-state index contributed by atoms with van der Waals surface area (Å²) in [5.41, 5.74) is 2.70. The molecule has 1 aromatic rings. The molecule has 0 fully saturated rings. The van der Waals surface area contributed by atoms with Crippen LogP contribution in [0.25, 0.3) is 0 Å². The highest BCUT2D eigenvalue weighted by molar-refractivity contribution is 5.28. The third kappa shape index (κ3) is 6.53. The Kier molecular flexibility index (Phi) is 9.35. The minimum atomic E-state index is 0.317. The van der Waals surface area contributed by atoms with E-state index in [1.165, 1.54) is 43.2 Å². The zero-order chi connectivity index (χ0) is 14.6. The van der Waals surface area contributed by atoms with E-state index in [0.29, 0.717) is 6.04 Å². The van der Waals surface area contributed by atoms with Gasteiger partial charge in [0.25, 0.3) is 0 Å². The van der Waals surface area contributed by atoms with E-state index in [1.807, 2.05) is 0 Å².